The normalized spacial score (nSPS) is 9.68. The number of hydrogen-bond acceptors (Lipinski definition) is 1. The molecule has 98 valence electrons. The van der Waals surface area contributed by atoms with Gasteiger partial charge in [0.2, 0.25) is 6.33 Å². The predicted molar refractivity (Wildman–Crippen MR) is 79.8 cm³/mol. The molecule has 0 spiro atoms. The lowest BCUT2D eigenvalue weighted by molar-refractivity contribution is -0.344. The van der Waals surface area contributed by atoms with Gasteiger partial charge in [-0.2, -0.15) is 0 Å². The fourth-order valence-electron chi connectivity index (χ4n) is 1.81. The van der Waals surface area contributed by atoms with Gasteiger partial charge >= 0.3 is 0 Å². The number of aromatic amines is 3. The molecule has 0 saturated carbocycles. The second-order valence-corrected chi connectivity index (χ2v) is 3.90. The smallest absolute Gasteiger partial charge is 0.240 e. The zero-order valence-electron chi connectivity index (χ0n) is 9.72. The van der Waals surface area contributed by atoms with E-state index in [1.165, 1.54) is 0 Å². The van der Waals surface area contributed by atoms with Gasteiger partial charge < -0.3 is 4.98 Å². The maximum absolute atomic E-state index is 4.06. The molecule has 0 fully saturated rings. The van der Waals surface area contributed by atoms with Crippen LogP contribution in [0.25, 0.3) is 22.1 Å². The fraction of sp³-hybridized carbons (Fsp3) is 0.0667. The quantitative estimate of drug-likeness (QED) is 0.497. The average Bonchev–Trinajstić information content (AvgIpc) is 3.08. The van der Waals surface area contributed by atoms with Gasteiger partial charge in [-0.25, -0.2) is 15.0 Å². The Hall–Kier alpha value is -2.62. The van der Waals surface area contributed by atoms with Gasteiger partial charge in [0.05, 0.1) is 17.4 Å². The third-order valence-electron chi connectivity index (χ3n) is 2.71. The lowest BCUT2D eigenvalue weighted by Crippen LogP contribution is -1.92. The van der Waals surface area contributed by atoms with Gasteiger partial charge in [-0.15, -0.1) is 0 Å². The van der Waals surface area contributed by atoms with Crippen LogP contribution in [-0.2, 0) is 0 Å². The molecule has 4 heteroatoms. The second kappa shape index (κ2) is 5.82. The maximum atomic E-state index is 4.06. The van der Waals surface area contributed by atoms with Crippen LogP contribution in [0.15, 0.2) is 61.2 Å². The zero-order valence-corrected chi connectivity index (χ0v) is 9.72. The molecule has 0 saturated heterocycles. The first-order valence-electron chi connectivity index (χ1n) is 5.75. The van der Waals surface area contributed by atoms with Crippen LogP contribution in [0.3, 0.4) is 0 Å². The standard InChI is InChI=1S/2C7H6N2.CH4.H2/c2*1-2-4-7-6(3-1)8-5-9-7;;/h2*1-5H,(H,8,9);1H4;1H/p+1. The van der Waals surface area contributed by atoms with Crippen molar-refractivity contribution in [3.63, 3.8) is 0 Å². The van der Waals surface area contributed by atoms with Crippen molar-refractivity contribution in [2.45, 2.75) is 7.43 Å². The molecule has 0 unspecified atom stereocenters. The Morgan fingerprint density at radius 1 is 0.895 bits per heavy atom. The molecule has 4 rings (SSSR count). The molecule has 19 heavy (non-hydrogen) atoms. The van der Waals surface area contributed by atoms with Crippen molar-refractivity contribution in [3.8, 4) is 0 Å². The van der Waals surface area contributed by atoms with E-state index in [9.17, 15) is 0 Å². The van der Waals surface area contributed by atoms with Crippen LogP contribution in [0.5, 0.6) is 0 Å². The number of aromatic nitrogens is 4. The second-order valence-electron chi connectivity index (χ2n) is 3.90. The third kappa shape index (κ3) is 2.80. The Bertz CT molecular complexity index is 634. The van der Waals surface area contributed by atoms with E-state index in [2.05, 4.69) is 19.9 Å². The van der Waals surface area contributed by atoms with E-state index in [1.807, 2.05) is 54.9 Å². The SMILES string of the molecule is C.[HH].c1ccc2[nH+]c[nH]c2c1.c1ccc2[nH]cnc2c1. The molecule has 4 aromatic rings. The number of nitrogens with one attached hydrogen (secondary N) is 3. The molecule has 0 amide bonds. The fourth-order valence-corrected chi connectivity index (χ4v) is 1.81. The minimum atomic E-state index is 0. The Morgan fingerprint density at radius 3 is 2.42 bits per heavy atom. The van der Waals surface area contributed by atoms with Crippen LogP contribution >= 0.6 is 0 Å². The molecule has 0 atom stereocenters. The summed E-state index contributed by atoms with van der Waals surface area (Å²) < 4.78 is 0. The van der Waals surface area contributed by atoms with Crippen molar-refractivity contribution in [2.24, 2.45) is 0 Å². The number of imidazole rings is 2. The van der Waals surface area contributed by atoms with Gasteiger partial charge in [-0.05, 0) is 24.3 Å². The van der Waals surface area contributed by atoms with Gasteiger partial charge in [0.25, 0.3) is 0 Å². The van der Waals surface area contributed by atoms with E-state index < -0.39 is 0 Å². The number of benzene rings is 2. The summed E-state index contributed by atoms with van der Waals surface area (Å²) in [4.78, 5) is 13.2. The Kier molecular flexibility index (Phi) is 3.93. The predicted octanol–water partition coefficient (Wildman–Crippen LogP) is 3.43. The molecular formula is C15H19N4+. The van der Waals surface area contributed by atoms with E-state index in [4.69, 9.17) is 0 Å². The van der Waals surface area contributed by atoms with E-state index in [-0.39, 0.29) is 8.85 Å². The number of nitrogens with zero attached hydrogens (tertiary/aromatic N) is 1. The summed E-state index contributed by atoms with van der Waals surface area (Å²) in [5, 5.41) is 0. The molecule has 0 aliphatic carbocycles. The first kappa shape index (κ1) is 12.8. The highest BCUT2D eigenvalue weighted by Crippen LogP contribution is 2.05. The lowest BCUT2D eigenvalue weighted by atomic mass is 10.3. The summed E-state index contributed by atoms with van der Waals surface area (Å²) in [6.07, 6.45) is 3.52. The maximum Gasteiger partial charge on any atom is 0.240 e. The van der Waals surface area contributed by atoms with E-state index in [0.717, 1.165) is 22.1 Å². The number of hydrogen-bond donors (Lipinski definition) is 2. The minimum Gasteiger partial charge on any atom is -0.345 e. The Labute approximate surface area is 113 Å². The molecule has 2 aromatic carbocycles. The van der Waals surface area contributed by atoms with Crippen LogP contribution in [-0.4, -0.2) is 15.0 Å². The summed E-state index contributed by atoms with van der Waals surface area (Å²) in [5.41, 5.74) is 4.42. The molecule has 2 heterocycles. The molecular weight excluding hydrogens is 236 g/mol. The zero-order chi connectivity index (χ0) is 12.2. The van der Waals surface area contributed by atoms with Crippen LogP contribution in [0.4, 0.5) is 0 Å². The van der Waals surface area contributed by atoms with Crippen molar-refractivity contribution in [1.82, 2.24) is 15.0 Å². The van der Waals surface area contributed by atoms with Crippen LogP contribution in [0.1, 0.15) is 8.85 Å². The van der Waals surface area contributed by atoms with E-state index in [1.54, 1.807) is 6.33 Å². The summed E-state index contributed by atoms with van der Waals surface area (Å²) >= 11 is 0. The van der Waals surface area contributed by atoms with Crippen LogP contribution in [0.2, 0.25) is 0 Å². The largest absolute Gasteiger partial charge is 0.345 e. The summed E-state index contributed by atoms with van der Waals surface area (Å²) in [7, 11) is 0. The number of rotatable bonds is 0. The topological polar surface area (TPSA) is 58.6 Å². The number of fused-ring (bicyclic) bond motifs is 2. The van der Waals surface area contributed by atoms with Gasteiger partial charge in [0, 0.05) is 1.43 Å². The van der Waals surface area contributed by atoms with Crippen molar-refractivity contribution >= 4 is 22.1 Å². The summed E-state index contributed by atoms with van der Waals surface area (Å²) in [6.45, 7) is 0. The van der Waals surface area contributed by atoms with Crippen molar-refractivity contribution in [3.05, 3.63) is 61.2 Å². The highest BCUT2D eigenvalue weighted by molar-refractivity contribution is 5.73. The van der Waals surface area contributed by atoms with Crippen LogP contribution < -0.4 is 4.98 Å². The highest BCUT2D eigenvalue weighted by Gasteiger charge is 1.95. The third-order valence-corrected chi connectivity index (χ3v) is 2.71. The van der Waals surface area contributed by atoms with Crippen LogP contribution in [0, 0.1) is 0 Å². The molecule has 0 aliphatic heterocycles. The van der Waals surface area contributed by atoms with Gasteiger partial charge in [0.15, 0.2) is 11.0 Å². The number of H-pyrrole nitrogens is 3. The minimum absolute atomic E-state index is 0. The van der Waals surface area contributed by atoms with Gasteiger partial charge in [0.1, 0.15) is 0 Å². The lowest BCUT2D eigenvalue weighted by Gasteiger charge is -1.81. The summed E-state index contributed by atoms with van der Waals surface area (Å²) in [5.74, 6) is 0. The number of para-hydroxylation sites is 4. The van der Waals surface area contributed by atoms with E-state index >= 15 is 0 Å². The van der Waals surface area contributed by atoms with Gasteiger partial charge in [-0.1, -0.05) is 31.7 Å². The van der Waals surface area contributed by atoms with Crippen molar-refractivity contribution in [1.29, 1.82) is 0 Å². The average molecular weight is 255 g/mol. The molecule has 4 nitrogen and oxygen atoms in total. The van der Waals surface area contributed by atoms with E-state index in [0.29, 0.717) is 0 Å². The first-order valence-corrected chi connectivity index (χ1v) is 5.75. The molecule has 0 bridgehead atoms. The van der Waals surface area contributed by atoms with Crippen molar-refractivity contribution < 1.29 is 6.41 Å². The van der Waals surface area contributed by atoms with Gasteiger partial charge in [-0.3, -0.25) is 0 Å². The summed E-state index contributed by atoms with van der Waals surface area (Å²) in [6, 6.07) is 16.0. The highest BCUT2D eigenvalue weighted by atomic mass is 14.9. The molecule has 0 radical (unpaired) electrons. The Morgan fingerprint density at radius 2 is 1.63 bits per heavy atom. The Balaban J connectivity index is 0.000000182. The first-order chi connectivity index (χ1) is 8.93. The monoisotopic (exact) mass is 255 g/mol. The molecule has 2 aromatic heterocycles. The van der Waals surface area contributed by atoms with Crippen molar-refractivity contribution in [2.75, 3.05) is 0 Å². The molecule has 0 aliphatic rings. The molecule has 3 N–H and O–H groups in total.